The maximum absolute atomic E-state index is 11.8. The van der Waals surface area contributed by atoms with Crippen molar-refractivity contribution in [2.45, 2.75) is 6.61 Å². The molecule has 0 bridgehead atoms. The highest BCUT2D eigenvalue weighted by Crippen LogP contribution is 2.15. The van der Waals surface area contributed by atoms with Crippen LogP contribution in [-0.2, 0) is 11.3 Å². The first-order valence-corrected chi connectivity index (χ1v) is 5.40. The Bertz CT molecular complexity index is 442. The van der Waals surface area contributed by atoms with Gasteiger partial charge >= 0.3 is 0 Å². The minimum absolute atomic E-state index is 0.0846. The highest BCUT2D eigenvalue weighted by atomic mass is 32.1. The summed E-state index contributed by atoms with van der Waals surface area (Å²) in [6.45, 7) is 0.386. The highest BCUT2D eigenvalue weighted by Gasteiger charge is 2.13. The van der Waals surface area contributed by atoms with Crippen LogP contribution in [0.2, 0.25) is 0 Å². The summed E-state index contributed by atoms with van der Waals surface area (Å²) in [4.78, 5) is 11.8. The molecule has 0 spiro atoms. The van der Waals surface area contributed by atoms with Crippen molar-refractivity contribution in [2.24, 2.45) is 0 Å². The van der Waals surface area contributed by atoms with Gasteiger partial charge in [0.2, 0.25) is 5.78 Å². The van der Waals surface area contributed by atoms with E-state index < -0.39 is 0 Å². The number of carbonyl (C=O) groups excluding carboxylic acids is 1. The fourth-order valence-electron chi connectivity index (χ4n) is 1.26. The molecule has 2 heterocycles. The van der Waals surface area contributed by atoms with Crippen molar-refractivity contribution in [2.75, 3.05) is 7.11 Å². The lowest BCUT2D eigenvalue weighted by atomic mass is 10.2. The van der Waals surface area contributed by atoms with E-state index in [1.807, 2.05) is 5.38 Å². The number of ether oxygens (including phenoxy) is 1. The van der Waals surface area contributed by atoms with E-state index in [1.165, 1.54) is 11.3 Å². The van der Waals surface area contributed by atoms with Gasteiger partial charge in [0.1, 0.15) is 12.4 Å². The summed E-state index contributed by atoms with van der Waals surface area (Å²) in [5.41, 5.74) is 0.665. The fourth-order valence-corrected chi connectivity index (χ4v) is 1.89. The van der Waals surface area contributed by atoms with Crippen LogP contribution in [0.4, 0.5) is 0 Å². The Morgan fingerprint density at radius 2 is 2.33 bits per heavy atom. The standard InChI is InChI=1S/C11H10O3S/c1-13-6-9-2-3-10(14-9)11(12)8-4-5-15-7-8/h2-5,7H,6H2,1H3. The molecule has 0 amide bonds. The zero-order valence-corrected chi connectivity index (χ0v) is 9.04. The molecule has 0 fully saturated rings. The monoisotopic (exact) mass is 222 g/mol. The zero-order valence-electron chi connectivity index (χ0n) is 8.23. The number of hydrogen-bond donors (Lipinski definition) is 0. The Balaban J connectivity index is 2.19. The molecule has 0 aliphatic carbocycles. The quantitative estimate of drug-likeness (QED) is 0.747. The van der Waals surface area contributed by atoms with Crippen molar-refractivity contribution < 1.29 is 13.9 Å². The summed E-state index contributed by atoms with van der Waals surface area (Å²) in [7, 11) is 1.59. The minimum atomic E-state index is -0.0846. The van der Waals surface area contributed by atoms with Crippen LogP contribution in [0.3, 0.4) is 0 Å². The second kappa shape index (κ2) is 4.42. The number of rotatable bonds is 4. The van der Waals surface area contributed by atoms with Crippen LogP contribution in [-0.4, -0.2) is 12.9 Å². The third-order valence-corrected chi connectivity index (χ3v) is 2.64. The van der Waals surface area contributed by atoms with Crippen molar-refractivity contribution in [1.29, 1.82) is 0 Å². The average molecular weight is 222 g/mol. The number of furan rings is 1. The molecule has 4 heteroatoms. The van der Waals surface area contributed by atoms with Crippen LogP contribution in [0, 0.1) is 0 Å². The van der Waals surface area contributed by atoms with Gasteiger partial charge in [0.25, 0.3) is 0 Å². The fraction of sp³-hybridized carbons (Fsp3) is 0.182. The summed E-state index contributed by atoms with van der Waals surface area (Å²) in [5, 5.41) is 3.67. The van der Waals surface area contributed by atoms with E-state index in [4.69, 9.17) is 9.15 Å². The van der Waals surface area contributed by atoms with Gasteiger partial charge in [0.15, 0.2) is 5.76 Å². The topological polar surface area (TPSA) is 39.4 Å². The molecular weight excluding hydrogens is 212 g/mol. The first-order chi connectivity index (χ1) is 7.31. The Hall–Kier alpha value is -1.39. The molecule has 15 heavy (non-hydrogen) atoms. The van der Waals surface area contributed by atoms with Gasteiger partial charge in [0.05, 0.1) is 0 Å². The van der Waals surface area contributed by atoms with Crippen LogP contribution >= 0.6 is 11.3 Å². The predicted octanol–water partition coefficient (Wildman–Crippen LogP) is 2.72. The lowest BCUT2D eigenvalue weighted by molar-refractivity contribution is 0.100. The molecule has 2 aromatic rings. The van der Waals surface area contributed by atoms with E-state index >= 15 is 0 Å². The second-order valence-electron chi connectivity index (χ2n) is 3.04. The Labute approximate surface area is 91.3 Å². The van der Waals surface area contributed by atoms with Gasteiger partial charge in [-0.3, -0.25) is 4.79 Å². The molecule has 3 nitrogen and oxygen atoms in total. The van der Waals surface area contributed by atoms with Gasteiger partial charge in [-0.1, -0.05) is 0 Å². The van der Waals surface area contributed by atoms with E-state index in [2.05, 4.69) is 0 Å². The molecule has 0 unspecified atom stereocenters. The first kappa shape index (κ1) is 10.1. The second-order valence-corrected chi connectivity index (χ2v) is 3.82. The molecule has 0 radical (unpaired) electrons. The Morgan fingerprint density at radius 1 is 1.47 bits per heavy atom. The number of hydrogen-bond acceptors (Lipinski definition) is 4. The SMILES string of the molecule is COCc1ccc(C(=O)c2ccsc2)o1. The van der Waals surface area contributed by atoms with E-state index in [0.717, 1.165) is 0 Å². The Kier molecular flexibility index (Phi) is 2.99. The van der Waals surface area contributed by atoms with Crippen molar-refractivity contribution in [3.8, 4) is 0 Å². The minimum Gasteiger partial charge on any atom is -0.455 e. The van der Waals surface area contributed by atoms with Crippen LogP contribution in [0.5, 0.6) is 0 Å². The lowest BCUT2D eigenvalue weighted by Gasteiger charge is -1.94. The van der Waals surface area contributed by atoms with E-state index in [9.17, 15) is 4.79 Å². The van der Waals surface area contributed by atoms with Crippen molar-refractivity contribution >= 4 is 17.1 Å². The average Bonchev–Trinajstić information content (AvgIpc) is 2.87. The van der Waals surface area contributed by atoms with Crippen LogP contribution in [0.25, 0.3) is 0 Å². The van der Waals surface area contributed by atoms with E-state index in [1.54, 1.807) is 30.7 Å². The van der Waals surface area contributed by atoms with Gasteiger partial charge < -0.3 is 9.15 Å². The van der Waals surface area contributed by atoms with Gasteiger partial charge in [-0.05, 0) is 23.6 Å². The van der Waals surface area contributed by atoms with Gasteiger partial charge in [-0.2, -0.15) is 11.3 Å². The molecule has 0 aliphatic heterocycles. The van der Waals surface area contributed by atoms with Gasteiger partial charge in [-0.15, -0.1) is 0 Å². The van der Waals surface area contributed by atoms with Crippen molar-refractivity contribution in [1.82, 2.24) is 0 Å². The van der Waals surface area contributed by atoms with E-state index in [0.29, 0.717) is 23.7 Å². The zero-order chi connectivity index (χ0) is 10.7. The number of carbonyl (C=O) groups is 1. The number of thiophene rings is 1. The van der Waals surface area contributed by atoms with Crippen molar-refractivity contribution in [3.63, 3.8) is 0 Å². The summed E-state index contributed by atoms with van der Waals surface area (Å²) < 4.78 is 10.2. The third-order valence-electron chi connectivity index (χ3n) is 1.96. The molecule has 0 saturated heterocycles. The molecule has 0 saturated carbocycles. The van der Waals surface area contributed by atoms with Crippen LogP contribution in [0.1, 0.15) is 21.9 Å². The van der Waals surface area contributed by atoms with Crippen molar-refractivity contribution in [3.05, 3.63) is 46.0 Å². The molecule has 2 rings (SSSR count). The summed E-state index contributed by atoms with van der Waals surface area (Å²) in [6, 6.07) is 5.21. The van der Waals surface area contributed by atoms with E-state index in [-0.39, 0.29) is 5.78 Å². The number of methoxy groups -OCH3 is 1. The maximum Gasteiger partial charge on any atom is 0.229 e. The smallest absolute Gasteiger partial charge is 0.229 e. The summed E-state index contributed by atoms with van der Waals surface area (Å²) >= 11 is 1.49. The van der Waals surface area contributed by atoms with Gasteiger partial charge in [-0.25, -0.2) is 0 Å². The van der Waals surface area contributed by atoms with Gasteiger partial charge in [0, 0.05) is 18.1 Å². The Morgan fingerprint density at radius 3 is 3.00 bits per heavy atom. The number of ketones is 1. The molecule has 2 aromatic heterocycles. The van der Waals surface area contributed by atoms with Crippen LogP contribution in [0.15, 0.2) is 33.4 Å². The summed E-state index contributed by atoms with van der Waals surface area (Å²) in [6.07, 6.45) is 0. The molecule has 0 atom stereocenters. The highest BCUT2D eigenvalue weighted by molar-refractivity contribution is 7.08. The van der Waals surface area contributed by atoms with Crippen LogP contribution < -0.4 is 0 Å². The molecular formula is C11H10O3S. The maximum atomic E-state index is 11.8. The predicted molar refractivity (Wildman–Crippen MR) is 57.2 cm³/mol. The lowest BCUT2D eigenvalue weighted by Crippen LogP contribution is -1.96. The normalized spacial score (nSPS) is 10.5. The molecule has 0 N–H and O–H groups in total. The molecule has 78 valence electrons. The largest absolute Gasteiger partial charge is 0.455 e. The first-order valence-electron chi connectivity index (χ1n) is 4.46. The molecule has 0 aliphatic rings. The third kappa shape index (κ3) is 2.16. The molecule has 0 aromatic carbocycles. The summed E-state index contributed by atoms with van der Waals surface area (Å²) in [5.74, 6) is 0.940.